The van der Waals surface area contributed by atoms with Gasteiger partial charge < -0.3 is 10.4 Å². The minimum atomic E-state index is -4.37. The Balaban J connectivity index is 1.65. The number of halogens is 3. The summed E-state index contributed by atoms with van der Waals surface area (Å²) in [5.74, 6) is -1.15. The minimum Gasteiger partial charge on any atom is -0.478 e. The third-order valence-corrected chi connectivity index (χ3v) is 5.60. The Labute approximate surface area is 178 Å². The van der Waals surface area contributed by atoms with Crippen molar-refractivity contribution in [2.45, 2.75) is 51.0 Å². The van der Waals surface area contributed by atoms with E-state index in [-0.39, 0.29) is 23.6 Å². The number of nitrogens with zero attached hydrogens (tertiary/aromatic N) is 1. The van der Waals surface area contributed by atoms with E-state index in [1.54, 1.807) is 12.1 Å². The number of rotatable bonds is 6. The Bertz CT molecular complexity index is 911. The van der Waals surface area contributed by atoms with Gasteiger partial charge in [0.2, 0.25) is 5.91 Å². The van der Waals surface area contributed by atoms with Crippen LogP contribution in [0.15, 0.2) is 48.5 Å². The van der Waals surface area contributed by atoms with Crippen molar-refractivity contribution < 1.29 is 27.9 Å². The highest BCUT2D eigenvalue weighted by Crippen LogP contribution is 2.29. The van der Waals surface area contributed by atoms with E-state index in [1.165, 1.54) is 24.3 Å². The van der Waals surface area contributed by atoms with Crippen LogP contribution < -0.4 is 5.32 Å². The summed E-state index contributed by atoms with van der Waals surface area (Å²) in [4.78, 5) is 25.9. The predicted octanol–water partition coefficient (Wildman–Crippen LogP) is 4.64. The molecular weight excluding hydrogens is 409 g/mol. The molecule has 0 radical (unpaired) electrons. The van der Waals surface area contributed by atoms with Crippen molar-refractivity contribution in [1.82, 2.24) is 10.2 Å². The highest BCUT2D eigenvalue weighted by Gasteiger charge is 2.31. The number of carbonyl (C=O) groups is 2. The van der Waals surface area contributed by atoms with Crippen molar-refractivity contribution in [2.24, 2.45) is 0 Å². The Morgan fingerprint density at radius 2 is 1.74 bits per heavy atom. The Morgan fingerprint density at radius 3 is 2.32 bits per heavy atom. The third kappa shape index (κ3) is 5.85. The van der Waals surface area contributed by atoms with Crippen molar-refractivity contribution in [3.05, 3.63) is 70.8 Å². The predicted molar refractivity (Wildman–Crippen MR) is 109 cm³/mol. The van der Waals surface area contributed by atoms with Gasteiger partial charge in [-0.1, -0.05) is 30.7 Å². The van der Waals surface area contributed by atoms with Crippen LogP contribution in [0.3, 0.4) is 0 Å². The van der Waals surface area contributed by atoms with Gasteiger partial charge in [0.25, 0.3) is 0 Å². The van der Waals surface area contributed by atoms with Gasteiger partial charge >= 0.3 is 12.1 Å². The van der Waals surface area contributed by atoms with Crippen LogP contribution in [-0.2, 0) is 17.5 Å². The molecule has 2 atom stereocenters. The SMILES string of the molecule is C[C@H](NC(=O)C1CCCCN1Cc1ccc(C(F)(F)F)cc1)c1ccc(C(=O)O)cc1. The number of likely N-dealkylation sites (tertiary alicyclic amines) is 1. The summed E-state index contributed by atoms with van der Waals surface area (Å²) in [7, 11) is 0. The van der Waals surface area contributed by atoms with Crippen molar-refractivity contribution in [3.63, 3.8) is 0 Å². The number of carboxylic acids is 1. The summed E-state index contributed by atoms with van der Waals surface area (Å²) in [5, 5.41) is 12.0. The van der Waals surface area contributed by atoms with Crippen molar-refractivity contribution in [3.8, 4) is 0 Å². The summed E-state index contributed by atoms with van der Waals surface area (Å²) in [6, 6.07) is 10.7. The molecule has 1 aliphatic heterocycles. The Morgan fingerprint density at radius 1 is 1.10 bits per heavy atom. The molecule has 0 saturated carbocycles. The van der Waals surface area contributed by atoms with Gasteiger partial charge in [0, 0.05) is 6.54 Å². The Hall–Kier alpha value is -2.87. The second kappa shape index (κ2) is 9.51. The van der Waals surface area contributed by atoms with E-state index in [4.69, 9.17) is 5.11 Å². The summed E-state index contributed by atoms with van der Waals surface area (Å²) in [6.07, 6.45) is -1.86. The molecule has 0 bridgehead atoms. The van der Waals surface area contributed by atoms with E-state index < -0.39 is 17.7 Å². The first-order valence-electron chi connectivity index (χ1n) is 10.2. The van der Waals surface area contributed by atoms with Crippen LogP contribution in [0.4, 0.5) is 13.2 Å². The fraction of sp³-hybridized carbons (Fsp3) is 0.391. The van der Waals surface area contributed by atoms with Gasteiger partial charge in [0.1, 0.15) is 0 Å². The topological polar surface area (TPSA) is 69.6 Å². The molecule has 2 aromatic carbocycles. The van der Waals surface area contributed by atoms with Gasteiger partial charge in [-0.2, -0.15) is 13.2 Å². The molecule has 1 fully saturated rings. The van der Waals surface area contributed by atoms with Crippen molar-refractivity contribution in [2.75, 3.05) is 6.54 Å². The lowest BCUT2D eigenvalue weighted by Gasteiger charge is -2.35. The fourth-order valence-electron chi connectivity index (χ4n) is 3.82. The van der Waals surface area contributed by atoms with Gasteiger partial charge in [0.05, 0.1) is 23.2 Å². The van der Waals surface area contributed by atoms with Crippen molar-refractivity contribution in [1.29, 1.82) is 0 Å². The van der Waals surface area contributed by atoms with Gasteiger partial charge in [0.15, 0.2) is 0 Å². The quantitative estimate of drug-likeness (QED) is 0.695. The van der Waals surface area contributed by atoms with E-state index in [2.05, 4.69) is 5.32 Å². The highest BCUT2D eigenvalue weighted by molar-refractivity contribution is 5.87. The lowest BCUT2D eigenvalue weighted by atomic mass is 9.99. The first kappa shape index (κ1) is 22.8. The average molecular weight is 434 g/mol. The highest BCUT2D eigenvalue weighted by atomic mass is 19.4. The molecule has 2 N–H and O–H groups in total. The van der Waals surface area contributed by atoms with Crippen LogP contribution >= 0.6 is 0 Å². The summed E-state index contributed by atoms with van der Waals surface area (Å²) < 4.78 is 38.3. The van der Waals surface area contributed by atoms with Gasteiger partial charge in [-0.15, -0.1) is 0 Å². The molecule has 1 heterocycles. The number of benzene rings is 2. The number of piperidine rings is 1. The van der Waals surface area contributed by atoms with E-state index in [0.717, 1.165) is 36.1 Å². The molecule has 1 unspecified atom stereocenters. The number of hydrogen-bond donors (Lipinski definition) is 2. The molecule has 1 saturated heterocycles. The smallest absolute Gasteiger partial charge is 0.416 e. The fourth-order valence-corrected chi connectivity index (χ4v) is 3.82. The molecule has 8 heteroatoms. The molecule has 3 rings (SSSR count). The molecule has 0 aliphatic carbocycles. The summed E-state index contributed by atoms with van der Waals surface area (Å²) in [5.41, 5.74) is 1.01. The van der Waals surface area contributed by atoms with Crippen LogP contribution in [0.25, 0.3) is 0 Å². The molecule has 166 valence electrons. The molecule has 1 amide bonds. The standard InChI is InChI=1S/C23H25F3N2O3/c1-15(17-7-9-18(10-8-17)22(30)31)27-21(29)20-4-2-3-13-28(20)14-16-5-11-19(12-6-16)23(24,25)26/h5-12,15,20H,2-4,13-14H2,1H3,(H,27,29)(H,30,31)/t15-,20?/m0/s1. The zero-order valence-electron chi connectivity index (χ0n) is 17.2. The lowest BCUT2D eigenvalue weighted by Crippen LogP contribution is -2.49. The van der Waals surface area contributed by atoms with Crippen LogP contribution in [0, 0.1) is 0 Å². The lowest BCUT2D eigenvalue weighted by molar-refractivity contribution is -0.137. The number of hydrogen-bond acceptors (Lipinski definition) is 3. The molecule has 1 aliphatic rings. The largest absolute Gasteiger partial charge is 0.478 e. The summed E-state index contributed by atoms with van der Waals surface area (Å²) in [6.45, 7) is 2.93. The van der Waals surface area contributed by atoms with Gasteiger partial charge in [-0.25, -0.2) is 4.79 Å². The molecule has 0 spiro atoms. The first-order valence-corrected chi connectivity index (χ1v) is 10.2. The Kier molecular flexibility index (Phi) is 7.00. The van der Waals surface area contributed by atoms with Crippen LogP contribution in [0.5, 0.6) is 0 Å². The number of amides is 1. The average Bonchev–Trinajstić information content (AvgIpc) is 2.74. The molecular formula is C23H25F3N2O3. The maximum Gasteiger partial charge on any atom is 0.416 e. The van der Waals surface area contributed by atoms with Crippen LogP contribution in [0.1, 0.15) is 59.3 Å². The number of nitrogens with one attached hydrogen (secondary N) is 1. The van der Waals surface area contributed by atoms with Crippen molar-refractivity contribution >= 4 is 11.9 Å². The van der Waals surface area contributed by atoms with E-state index in [1.807, 2.05) is 11.8 Å². The molecule has 31 heavy (non-hydrogen) atoms. The number of aromatic carboxylic acids is 1. The van der Waals surface area contributed by atoms with Gasteiger partial charge in [-0.05, 0) is 61.7 Å². The third-order valence-electron chi connectivity index (χ3n) is 5.60. The second-order valence-electron chi connectivity index (χ2n) is 7.83. The monoisotopic (exact) mass is 434 g/mol. The van der Waals surface area contributed by atoms with Gasteiger partial charge in [-0.3, -0.25) is 9.69 Å². The van der Waals surface area contributed by atoms with Crippen LogP contribution in [-0.4, -0.2) is 34.5 Å². The molecule has 0 aromatic heterocycles. The van der Waals surface area contributed by atoms with E-state index in [9.17, 15) is 22.8 Å². The molecule has 5 nitrogen and oxygen atoms in total. The van der Waals surface area contributed by atoms with Crippen LogP contribution in [0.2, 0.25) is 0 Å². The number of alkyl halides is 3. The molecule has 2 aromatic rings. The first-order chi connectivity index (χ1) is 14.6. The number of carboxylic acid groups (broad SMARTS) is 1. The van der Waals surface area contributed by atoms with E-state index >= 15 is 0 Å². The van der Waals surface area contributed by atoms with E-state index in [0.29, 0.717) is 19.5 Å². The minimum absolute atomic E-state index is 0.138. The maximum atomic E-state index is 12.9. The number of carbonyl (C=O) groups excluding carboxylic acids is 1. The maximum absolute atomic E-state index is 12.9. The second-order valence-corrected chi connectivity index (χ2v) is 7.83. The zero-order chi connectivity index (χ0) is 22.6. The summed E-state index contributed by atoms with van der Waals surface area (Å²) >= 11 is 0. The normalized spacial score (nSPS) is 18.4. The zero-order valence-corrected chi connectivity index (χ0v) is 17.2.